The van der Waals surface area contributed by atoms with E-state index in [1.165, 1.54) is 0 Å². The summed E-state index contributed by atoms with van der Waals surface area (Å²) in [5.41, 5.74) is 7.31. The van der Waals surface area contributed by atoms with Crippen molar-refractivity contribution in [2.45, 2.75) is 11.8 Å². The summed E-state index contributed by atoms with van der Waals surface area (Å²) in [4.78, 5) is 9.28. The van der Waals surface area contributed by atoms with Gasteiger partial charge in [0.1, 0.15) is 17.5 Å². The zero-order chi connectivity index (χ0) is 16.7. The van der Waals surface area contributed by atoms with Gasteiger partial charge in [0.05, 0.1) is 23.9 Å². The molecule has 118 valence electrons. The molecule has 0 spiro atoms. The van der Waals surface area contributed by atoms with E-state index in [0.29, 0.717) is 24.0 Å². The van der Waals surface area contributed by atoms with E-state index in [4.69, 9.17) is 15.7 Å². The van der Waals surface area contributed by atoms with E-state index < -0.39 is 0 Å². The fraction of sp³-hybridized carbons (Fsp3) is 0.188. The molecule has 6 nitrogen and oxygen atoms in total. The molecule has 0 bridgehead atoms. The third-order valence-electron chi connectivity index (χ3n) is 2.93. The molecule has 1 aromatic heterocycles. The Morgan fingerprint density at radius 3 is 2.96 bits per heavy atom. The van der Waals surface area contributed by atoms with E-state index in [1.54, 1.807) is 17.8 Å². The summed E-state index contributed by atoms with van der Waals surface area (Å²) >= 11 is 1.57. The van der Waals surface area contributed by atoms with Crippen molar-refractivity contribution < 1.29 is 4.74 Å². The maximum absolute atomic E-state index is 9.11. The van der Waals surface area contributed by atoms with Gasteiger partial charge in [-0.1, -0.05) is 12.1 Å². The molecule has 0 saturated carbocycles. The fourth-order valence-corrected chi connectivity index (χ4v) is 2.71. The minimum atomic E-state index is 0.246. The van der Waals surface area contributed by atoms with Crippen LogP contribution >= 0.6 is 11.8 Å². The quantitative estimate of drug-likeness (QED) is 0.459. The van der Waals surface area contributed by atoms with Gasteiger partial charge in [0, 0.05) is 11.0 Å². The van der Waals surface area contributed by atoms with Crippen LogP contribution in [0.25, 0.3) is 0 Å². The van der Waals surface area contributed by atoms with E-state index in [9.17, 15) is 0 Å². The number of nitrogens with zero attached hydrogens (tertiary/aromatic N) is 3. The van der Waals surface area contributed by atoms with E-state index in [1.807, 2.05) is 37.3 Å². The topological polar surface area (TPSA) is 96.3 Å². The molecule has 0 saturated heterocycles. The summed E-state index contributed by atoms with van der Waals surface area (Å²) in [6.45, 7) is 5.80. The maximum atomic E-state index is 9.11. The van der Waals surface area contributed by atoms with E-state index in [2.05, 4.69) is 22.0 Å². The second-order valence-corrected chi connectivity index (χ2v) is 5.43. The third kappa shape index (κ3) is 4.14. The monoisotopic (exact) mass is 327 g/mol. The smallest absolute Gasteiger partial charge is 0.235 e. The first kappa shape index (κ1) is 16.6. The van der Waals surface area contributed by atoms with Crippen molar-refractivity contribution in [3.8, 4) is 11.9 Å². The van der Waals surface area contributed by atoms with Gasteiger partial charge in [-0.2, -0.15) is 10.2 Å². The Balaban J connectivity index is 2.09. The zero-order valence-electron chi connectivity index (χ0n) is 12.7. The Morgan fingerprint density at radius 2 is 2.26 bits per heavy atom. The van der Waals surface area contributed by atoms with Gasteiger partial charge in [0.2, 0.25) is 5.88 Å². The number of thioether (sulfide) groups is 1. The maximum Gasteiger partial charge on any atom is 0.235 e. The number of ether oxygens (including phenoxy) is 1. The van der Waals surface area contributed by atoms with Crippen molar-refractivity contribution in [2.75, 3.05) is 23.5 Å². The van der Waals surface area contributed by atoms with Crippen LogP contribution < -0.4 is 15.8 Å². The molecule has 0 fully saturated rings. The van der Waals surface area contributed by atoms with E-state index in [0.717, 1.165) is 10.6 Å². The fourth-order valence-electron chi connectivity index (χ4n) is 1.88. The molecule has 0 atom stereocenters. The first-order chi connectivity index (χ1) is 11.2. The van der Waals surface area contributed by atoms with Gasteiger partial charge in [0.15, 0.2) is 0 Å². The number of nitrogen functional groups attached to an aromatic ring is 1. The standard InChI is InChI=1S/C16H17N5OS/c1-3-22-16-11(9-17)12(18)8-15(21-16)20-10-23-14-7-5-4-6-13(14)19-2/h4-8H,2-3,10H2,1H3,(H3,18,20,21). The highest BCUT2D eigenvalue weighted by Crippen LogP contribution is 2.30. The number of nitrogens with two attached hydrogens (primary N) is 1. The number of benzene rings is 1. The van der Waals surface area contributed by atoms with Gasteiger partial charge in [-0.15, -0.1) is 11.8 Å². The molecule has 0 aliphatic heterocycles. The van der Waals surface area contributed by atoms with E-state index in [-0.39, 0.29) is 11.4 Å². The first-order valence-electron chi connectivity index (χ1n) is 6.95. The van der Waals surface area contributed by atoms with Crippen LogP contribution in [0.1, 0.15) is 12.5 Å². The Kier molecular flexibility index (Phi) is 5.83. The molecular formula is C16H17N5OS. The van der Waals surface area contributed by atoms with Gasteiger partial charge in [-0.3, -0.25) is 4.99 Å². The Labute approximate surface area is 139 Å². The summed E-state index contributed by atoms with van der Waals surface area (Å²) < 4.78 is 5.37. The molecule has 0 aliphatic rings. The lowest BCUT2D eigenvalue weighted by atomic mass is 10.2. The highest BCUT2D eigenvalue weighted by molar-refractivity contribution is 7.99. The van der Waals surface area contributed by atoms with Crippen molar-refractivity contribution in [1.29, 1.82) is 5.26 Å². The number of anilines is 2. The molecule has 0 unspecified atom stereocenters. The number of pyridine rings is 1. The molecule has 2 aromatic rings. The van der Waals surface area contributed by atoms with Gasteiger partial charge in [-0.05, 0) is 25.8 Å². The average Bonchev–Trinajstić information content (AvgIpc) is 2.55. The molecule has 2 rings (SSSR count). The van der Waals surface area contributed by atoms with E-state index >= 15 is 0 Å². The molecule has 23 heavy (non-hydrogen) atoms. The first-order valence-corrected chi connectivity index (χ1v) is 7.94. The van der Waals surface area contributed by atoms with Crippen LogP contribution in [0.4, 0.5) is 17.2 Å². The third-order valence-corrected chi connectivity index (χ3v) is 3.87. The number of nitriles is 1. The number of hydrogen-bond donors (Lipinski definition) is 2. The normalized spacial score (nSPS) is 9.91. The van der Waals surface area contributed by atoms with Crippen LogP contribution in [0.5, 0.6) is 5.88 Å². The second kappa shape index (κ2) is 8.06. The van der Waals surface area contributed by atoms with Crippen molar-refractivity contribution in [3.05, 3.63) is 35.9 Å². The molecule has 7 heteroatoms. The summed E-state index contributed by atoms with van der Waals surface area (Å²) in [6, 6.07) is 11.4. The van der Waals surface area contributed by atoms with Crippen molar-refractivity contribution in [2.24, 2.45) is 4.99 Å². The lowest BCUT2D eigenvalue weighted by molar-refractivity contribution is 0.326. The minimum Gasteiger partial charge on any atom is -0.477 e. The number of hydrogen-bond acceptors (Lipinski definition) is 7. The zero-order valence-corrected chi connectivity index (χ0v) is 13.6. The van der Waals surface area contributed by atoms with Gasteiger partial charge in [-0.25, -0.2) is 0 Å². The predicted octanol–water partition coefficient (Wildman–Crippen LogP) is 3.43. The highest BCUT2D eigenvalue weighted by atomic mass is 32.2. The van der Waals surface area contributed by atoms with Crippen LogP contribution in [0, 0.1) is 11.3 Å². The van der Waals surface area contributed by atoms with Gasteiger partial charge < -0.3 is 15.8 Å². The summed E-state index contributed by atoms with van der Waals surface area (Å²) in [5, 5.41) is 12.3. The number of aromatic nitrogens is 1. The highest BCUT2D eigenvalue weighted by Gasteiger charge is 2.11. The number of rotatable bonds is 7. The Hall–Kier alpha value is -2.72. The van der Waals surface area contributed by atoms with Crippen LogP contribution in [-0.4, -0.2) is 24.2 Å². The van der Waals surface area contributed by atoms with Crippen molar-refractivity contribution in [3.63, 3.8) is 0 Å². The van der Waals surface area contributed by atoms with Crippen molar-refractivity contribution in [1.82, 2.24) is 4.98 Å². The predicted molar refractivity (Wildman–Crippen MR) is 94.5 cm³/mol. The number of para-hydroxylation sites is 1. The van der Waals surface area contributed by atoms with Crippen LogP contribution in [-0.2, 0) is 0 Å². The molecule has 0 radical (unpaired) electrons. The van der Waals surface area contributed by atoms with Crippen LogP contribution in [0.15, 0.2) is 40.2 Å². The molecule has 0 amide bonds. The van der Waals surface area contributed by atoms with Gasteiger partial charge in [0.25, 0.3) is 0 Å². The molecule has 0 aliphatic carbocycles. The molecular weight excluding hydrogens is 310 g/mol. The summed E-state index contributed by atoms with van der Waals surface area (Å²) in [6.07, 6.45) is 0. The summed E-state index contributed by atoms with van der Waals surface area (Å²) in [7, 11) is 0. The van der Waals surface area contributed by atoms with Crippen LogP contribution in [0.2, 0.25) is 0 Å². The summed E-state index contributed by atoms with van der Waals surface area (Å²) in [5.74, 6) is 1.37. The average molecular weight is 327 g/mol. The minimum absolute atomic E-state index is 0.246. The Morgan fingerprint density at radius 1 is 1.48 bits per heavy atom. The van der Waals surface area contributed by atoms with Crippen LogP contribution in [0.3, 0.4) is 0 Å². The number of nitrogens with one attached hydrogen (secondary N) is 1. The lowest BCUT2D eigenvalue weighted by Crippen LogP contribution is -2.06. The molecule has 3 N–H and O–H groups in total. The largest absolute Gasteiger partial charge is 0.477 e. The number of aliphatic imine (C=N–C) groups is 1. The molecule has 1 heterocycles. The molecule has 1 aromatic carbocycles. The van der Waals surface area contributed by atoms with Gasteiger partial charge >= 0.3 is 0 Å². The Bertz CT molecular complexity index is 742. The van der Waals surface area contributed by atoms with Crippen molar-refractivity contribution >= 4 is 35.7 Å². The SMILES string of the molecule is C=Nc1ccccc1SCNc1cc(N)c(C#N)c(OCC)n1. The second-order valence-electron chi connectivity index (χ2n) is 4.41. The lowest BCUT2D eigenvalue weighted by Gasteiger charge is -2.11.